The second kappa shape index (κ2) is 9.94. The summed E-state index contributed by atoms with van der Waals surface area (Å²) in [5.74, 6) is -1.92. The van der Waals surface area contributed by atoms with Gasteiger partial charge in [0.15, 0.2) is 0 Å². The molecule has 3 aliphatic heterocycles. The third kappa shape index (κ3) is 6.54. The van der Waals surface area contributed by atoms with Crippen LogP contribution in [0.5, 0.6) is 0 Å². The fourth-order valence-corrected chi connectivity index (χ4v) is 4.80. The van der Waals surface area contributed by atoms with Crippen molar-refractivity contribution >= 4 is 5.97 Å². The van der Waals surface area contributed by atoms with Crippen LogP contribution in [0.15, 0.2) is 0 Å². The molecule has 1 atom stereocenters. The van der Waals surface area contributed by atoms with Gasteiger partial charge < -0.3 is 19.3 Å². The number of aliphatic carboxylic acids is 1. The Hall–Kier alpha value is -0.900. The van der Waals surface area contributed by atoms with Gasteiger partial charge in [0.25, 0.3) is 0 Å². The molecule has 6 nitrogen and oxygen atoms in total. The van der Waals surface area contributed by atoms with Crippen LogP contribution in [0.4, 0.5) is 13.2 Å². The maximum absolute atomic E-state index is 10.6. The number of alkyl halides is 3. The van der Waals surface area contributed by atoms with Crippen molar-refractivity contribution in [1.82, 2.24) is 4.90 Å². The lowest BCUT2D eigenvalue weighted by Gasteiger charge is -2.56. The van der Waals surface area contributed by atoms with Crippen LogP contribution in [0.2, 0.25) is 0 Å². The molecule has 0 amide bonds. The molecule has 0 bridgehead atoms. The van der Waals surface area contributed by atoms with Gasteiger partial charge in [0, 0.05) is 52.0 Å². The highest BCUT2D eigenvalue weighted by atomic mass is 19.4. The third-order valence-corrected chi connectivity index (χ3v) is 6.42. The van der Waals surface area contributed by atoms with E-state index in [1.54, 1.807) is 0 Å². The zero-order valence-corrected chi connectivity index (χ0v) is 16.8. The second-order valence-electron chi connectivity index (χ2n) is 8.68. The minimum atomic E-state index is -5.08. The fraction of sp³-hybridized carbons (Fsp3) is 0.950. The molecule has 4 fully saturated rings. The van der Waals surface area contributed by atoms with Crippen LogP contribution in [-0.4, -0.2) is 79.4 Å². The van der Waals surface area contributed by atoms with E-state index in [0.717, 1.165) is 64.3 Å². The van der Waals surface area contributed by atoms with E-state index in [2.05, 4.69) is 4.90 Å². The van der Waals surface area contributed by atoms with Crippen LogP contribution in [0, 0.1) is 5.92 Å². The average molecular weight is 423 g/mol. The van der Waals surface area contributed by atoms with Crippen molar-refractivity contribution in [2.75, 3.05) is 39.5 Å². The van der Waals surface area contributed by atoms with E-state index in [9.17, 15) is 13.2 Å². The Labute approximate surface area is 169 Å². The van der Waals surface area contributed by atoms with E-state index < -0.39 is 12.1 Å². The SMILES string of the molecule is C1CCC(COC2CCOC3(C2)CN(C2CCOCC2)C3)C1.O=C(O)C(F)(F)F. The van der Waals surface area contributed by atoms with Gasteiger partial charge in [-0.2, -0.15) is 13.2 Å². The number of nitrogens with zero attached hydrogens (tertiary/aromatic N) is 1. The molecule has 1 saturated carbocycles. The first-order valence-corrected chi connectivity index (χ1v) is 10.6. The van der Waals surface area contributed by atoms with E-state index in [-0.39, 0.29) is 5.60 Å². The van der Waals surface area contributed by atoms with Crippen molar-refractivity contribution < 1.29 is 37.3 Å². The zero-order valence-electron chi connectivity index (χ0n) is 16.8. The highest BCUT2D eigenvalue weighted by Gasteiger charge is 2.49. The average Bonchev–Trinajstić information content (AvgIpc) is 3.19. The molecule has 0 aromatic heterocycles. The maximum atomic E-state index is 10.6. The van der Waals surface area contributed by atoms with Crippen LogP contribution in [0.3, 0.4) is 0 Å². The predicted octanol–water partition coefficient (Wildman–Crippen LogP) is 3.24. The summed E-state index contributed by atoms with van der Waals surface area (Å²) in [6.07, 6.45) is 5.52. The van der Waals surface area contributed by atoms with Gasteiger partial charge in [0.05, 0.1) is 11.7 Å². The van der Waals surface area contributed by atoms with Crippen LogP contribution in [-0.2, 0) is 19.0 Å². The number of carboxylic acid groups (broad SMARTS) is 1. The first-order chi connectivity index (χ1) is 13.8. The minimum Gasteiger partial charge on any atom is -0.475 e. The maximum Gasteiger partial charge on any atom is 0.490 e. The van der Waals surface area contributed by atoms with Crippen molar-refractivity contribution in [3.63, 3.8) is 0 Å². The number of halogens is 3. The highest BCUT2D eigenvalue weighted by molar-refractivity contribution is 5.73. The third-order valence-electron chi connectivity index (χ3n) is 6.42. The Bertz CT molecular complexity index is 527. The predicted molar refractivity (Wildman–Crippen MR) is 98.7 cm³/mol. The standard InChI is InChI=1S/C18H31NO3.C2HF3O2/c1-2-4-15(3-1)12-21-17-7-10-22-18(11-17)13-19(14-18)16-5-8-20-9-6-16;3-2(4,5)1(6)7/h15-17H,1-14H2;(H,6,7). The first-order valence-electron chi connectivity index (χ1n) is 10.6. The molecule has 168 valence electrons. The number of rotatable bonds is 4. The van der Waals surface area contributed by atoms with Gasteiger partial charge in [-0.15, -0.1) is 0 Å². The summed E-state index contributed by atoms with van der Waals surface area (Å²) in [5.41, 5.74) is 0.108. The monoisotopic (exact) mass is 423 g/mol. The molecule has 1 unspecified atom stereocenters. The molecule has 1 N–H and O–H groups in total. The lowest BCUT2D eigenvalue weighted by Crippen LogP contribution is -2.68. The number of carbonyl (C=O) groups is 1. The number of hydrogen-bond acceptors (Lipinski definition) is 5. The Morgan fingerprint density at radius 1 is 1.07 bits per heavy atom. The molecule has 1 spiro atoms. The summed E-state index contributed by atoms with van der Waals surface area (Å²) in [6.45, 7) is 5.97. The lowest BCUT2D eigenvalue weighted by atomic mass is 9.82. The summed E-state index contributed by atoms with van der Waals surface area (Å²) in [4.78, 5) is 11.5. The van der Waals surface area contributed by atoms with E-state index in [1.807, 2.05) is 0 Å². The summed E-state index contributed by atoms with van der Waals surface area (Å²) in [7, 11) is 0. The quantitative estimate of drug-likeness (QED) is 0.749. The molecule has 9 heteroatoms. The number of likely N-dealkylation sites (tertiary alicyclic amines) is 1. The molecule has 1 aliphatic carbocycles. The molecule has 0 aromatic rings. The van der Waals surface area contributed by atoms with Gasteiger partial charge in [-0.25, -0.2) is 4.79 Å². The summed E-state index contributed by atoms with van der Waals surface area (Å²) in [6, 6.07) is 0.725. The lowest BCUT2D eigenvalue weighted by molar-refractivity contribution is -0.210. The summed E-state index contributed by atoms with van der Waals surface area (Å²) < 4.78 is 49.6. The molecule has 4 rings (SSSR count). The highest BCUT2D eigenvalue weighted by Crippen LogP contribution is 2.38. The normalized spacial score (nSPS) is 28.6. The molecular weight excluding hydrogens is 391 g/mol. The molecule has 0 radical (unpaired) electrons. The molecule has 4 aliphatic rings. The van der Waals surface area contributed by atoms with Gasteiger partial charge in [-0.3, -0.25) is 4.90 Å². The Kier molecular flexibility index (Phi) is 7.81. The van der Waals surface area contributed by atoms with Crippen molar-refractivity contribution in [2.45, 2.75) is 75.3 Å². The van der Waals surface area contributed by atoms with E-state index in [1.165, 1.54) is 38.5 Å². The molecular formula is C20H32F3NO5. The van der Waals surface area contributed by atoms with Crippen LogP contribution >= 0.6 is 0 Å². The largest absolute Gasteiger partial charge is 0.490 e. The Morgan fingerprint density at radius 2 is 1.69 bits per heavy atom. The van der Waals surface area contributed by atoms with Gasteiger partial charge >= 0.3 is 12.1 Å². The Morgan fingerprint density at radius 3 is 2.28 bits per heavy atom. The number of carboxylic acids is 1. The number of hydrogen-bond donors (Lipinski definition) is 1. The smallest absolute Gasteiger partial charge is 0.475 e. The van der Waals surface area contributed by atoms with Crippen molar-refractivity contribution in [3.8, 4) is 0 Å². The van der Waals surface area contributed by atoms with Crippen molar-refractivity contribution in [3.05, 3.63) is 0 Å². The molecule has 0 aromatic carbocycles. The minimum absolute atomic E-state index is 0.108. The number of ether oxygens (including phenoxy) is 3. The van der Waals surface area contributed by atoms with Crippen molar-refractivity contribution in [2.24, 2.45) is 5.92 Å². The Balaban J connectivity index is 0.000000298. The molecule has 3 saturated heterocycles. The zero-order chi connectivity index (χ0) is 20.9. The van der Waals surface area contributed by atoms with Crippen LogP contribution in [0.25, 0.3) is 0 Å². The topological polar surface area (TPSA) is 68.2 Å². The van der Waals surface area contributed by atoms with E-state index >= 15 is 0 Å². The first kappa shape index (κ1) is 22.8. The van der Waals surface area contributed by atoms with Crippen molar-refractivity contribution in [1.29, 1.82) is 0 Å². The van der Waals surface area contributed by atoms with Gasteiger partial charge in [-0.05, 0) is 38.0 Å². The molecule has 3 heterocycles. The van der Waals surface area contributed by atoms with Gasteiger partial charge in [0.2, 0.25) is 0 Å². The van der Waals surface area contributed by atoms with Crippen LogP contribution in [0.1, 0.15) is 51.4 Å². The van der Waals surface area contributed by atoms with Gasteiger partial charge in [0.1, 0.15) is 0 Å². The fourth-order valence-electron chi connectivity index (χ4n) is 4.80. The van der Waals surface area contributed by atoms with E-state index in [0.29, 0.717) is 6.10 Å². The van der Waals surface area contributed by atoms with Gasteiger partial charge in [-0.1, -0.05) is 12.8 Å². The summed E-state index contributed by atoms with van der Waals surface area (Å²) in [5, 5.41) is 7.12. The second-order valence-corrected chi connectivity index (χ2v) is 8.68. The summed E-state index contributed by atoms with van der Waals surface area (Å²) >= 11 is 0. The van der Waals surface area contributed by atoms with E-state index in [4.69, 9.17) is 24.1 Å². The van der Waals surface area contributed by atoms with Crippen LogP contribution < -0.4 is 0 Å². The molecule has 29 heavy (non-hydrogen) atoms.